The molecule has 1 aliphatic rings. The van der Waals surface area contributed by atoms with Crippen molar-refractivity contribution in [2.75, 3.05) is 11.9 Å². The number of nitrogens with one attached hydrogen (secondary N) is 3. The Bertz CT molecular complexity index is 697. The quantitative estimate of drug-likeness (QED) is 0.760. The number of benzene rings is 1. The van der Waals surface area contributed by atoms with Crippen LogP contribution in [0.3, 0.4) is 0 Å². The second-order valence-corrected chi connectivity index (χ2v) is 7.48. The van der Waals surface area contributed by atoms with Gasteiger partial charge in [-0.3, -0.25) is 14.4 Å². The maximum Gasteiger partial charge on any atom is 0.253 e. The molecule has 25 heavy (non-hydrogen) atoms. The monoisotopic (exact) mass is 349 g/mol. The van der Waals surface area contributed by atoms with Crippen LogP contribution in [-0.4, -0.2) is 29.8 Å². The van der Waals surface area contributed by atoms with E-state index in [-0.39, 0.29) is 35.5 Å². The summed E-state index contributed by atoms with van der Waals surface area (Å²) in [7, 11) is 0. The summed E-state index contributed by atoms with van der Waals surface area (Å²) in [5.41, 5.74) is -0.190. The molecule has 0 aliphatic heterocycles. The Kier molecular flexibility index (Phi) is 5.45. The van der Waals surface area contributed by atoms with Crippen molar-refractivity contribution in [2.45, 2.75) is 39.7 Å². The van der Waals surface area contributed by atoms with Crippen LogP contribution in [-0.2, 0) is 9.59 Å². The van der Waals surface area contributed by atoms with Gasteiger partial charge in [0.2, 0.25) is 11.8 Å². The second-order valence-electron chi connectivity index (χ2n) is 7.48. The zero-order valence-corrected chi connectivity index (χ0v) is 14.9. The molecule has 7 heteroatoms. The van der Waals surface area contributed by atoms with Crippen LogP contribution >= 0.6 is 0 Å². The first kappa shape index (κ1) is 18.9. The first-order valence-corrected chi connectivity index (χ1v) is 8.26. The summed E-state index contributed by atoms with van der Waals surface area (Å²) >= 11 is 0. The number of hydrogen-bond donors (Lipinski definition) is 3. The van der Waals surface area contributed by atoms with Crippen molar-refractivity contribution in [3.63, 3.8) is 0 Å². The minimum atomic E-state index is -0.622. The van der Waals surface area contributed by atoms with E-state index in [1.807, 2.05) is 27.7 Å². The van der Waals surface area contributed by atoms with Crippen LogP contribution in [0.2, 0.25) is 0 Å². The Morgan fingerprint density at radius 3 is 2.44 bits per heavy atom. The Morgan fingerprint density at radius 1 is 1.24 bits per heavy atom. The molecule has 6 nitrogen and oxygen atoms in total. The van der Waals surface area contributed by atoms with Gasteiger partial charge in [-0.15, -0.1) is 0 Å². The van der Waals surface area contributed by atoms with Crippen LogP contribution < -0.4 is 16.0 Å². The topological polar surface area (TPSA) is 87.3 Å². The standard InChI is InChI=1S/C18H24FN3O3/c1-10-7-12(10)17(25)21-14-6-5-11(19)8-13(14)16(24)20-9-15(23)22-18(2,3)4/h5-6,8,10,12H,7,9H2,1-4H3,(H,20,24)(H,21,25)(H,22,23)/t10-,12-/m1/s1. The lowest BCUT2D eigenvalue weighted by atomic mass is 10.1. The lowest BCUT2D eigenvalue weighted by Crippen LogP contribution is -2.45. The molecule has 0 heterocycles. The molecule has 0 bridgehead atoms. The fourth-order valence-corrected chi connectivity index (χ4v) is 2.44. The van der Waals surface area contributed by atoms with Crippen molar-refractivity contribution in [2.24, 2.45) is 11.8 Å². The zero-order chi connectivity index (χ0) is 18.8. The fraction of sp³-hybridized carbons (Fsp3) is 0.500. The fourth-order valence-electron chi connectivity index (χ4n) is 2.44. The van der Waals surface area contributed by atoms with E-state index in [1.165, 1.54) is 12.1 Å². The number of hydrogen-bond acceptors (Lipinski definition) is 3. The molecule has 2 rings (SSSR count). The Morgan fingerprint density at radius 2 is 1.88 bits per heavy atom. The molecule has 0 spiro atoms. The summed E-state index contributed by atoms with van der Waals surface area (Å²) in [6.45, 7) is 7.21. The van der Waals surface area contributed by atoms with Crippen molar-refractivity contribution in [1.29, 1.82) is 0 Å². The van der Waals surface area contributed by atoms with Crippen LogP contribution in [0, 0.1) is 17.7 Å². The molecule has 3 amide bonds. The van der Waals surface area contributed by atoms with E-state index in [9.17, 15) is 18.8 Å². The maximum absolute atomic E-state index is 13.5. The molecule has 136 valence electrons. The van der Waals surface area contributed by atoms with Crippen LogP contribution in [0.15, 0.2) is 18.2 Å². The SMILES string of the molecule is C[C@@H]1C[C@H]1C(=O)Nc1ccc(F)cc1C(=O)NCC(=O)NC(C)(C)C. The van der Waals surface area contributed by atoms with E-state index >= 15 is 0 Å². The molecule has 1 aromatic carbocycles. The third-order valence-corrected chi connectivity index (χ3v) is 3.85. The van der Waals surface area contributed by atoms with Crippen LogP contribution in [0.25, 0.3) is 0 Å². The predicted molar refractivity (Wildman–Crippen MR) is 92.5 cm³/mol. The number of anilines is 1. The number of carbonyl (C=O) groups is 3. The van der Waals surface area contributed by atoms with Crippen molar-refractivity contribution in [3.8, 4) is 0 Å². The molecule has 0 unspecified atom stereocenters. The smallest absolute Gasteiger partial charge is 0.253 e. The van der Waals surface area contributed by atoms with E-state index < -0.39 is 17.3 Å². The van der Waals surface area contributed by atoms with Crippen molar-refractivity contribution >= 4 is 23.4 Å². The lowest BCUT2D eigenvalue weighted by Gasteiger charge is -2.20. The van der Waals surface area contributed by atoms with Crippen molar-refractivity contribution < 1.29 is 18.8 Å². The third-order valence-electron chi connectivity index (χ3n) is 3.85. The van der Waals surface area contributed by atoms with Gasteiger partial charge in [0.15, 0.2) is 0 Å². The molecule has 0 saturated heterocycles. The normalized spacial score (nSPS) is 19.1. The maximum atomic E-state index is 13.5. The zero-order valence-electron chi connectivity index (χ0n) is 14.9. The average molecular weight is 349 g/mol. The van der Waals surface area contributed by atoms with E-state index in [4.69, 9.17) is 0 Å². The highest BCUT2D eigenvalue weighted by Gasteiger charge is 2.39. The van der Waals surface area contributed by atoms with E-state index in [1.54, 1.807) is 0 Å². The predicted octanol–water partition coefficient (Wildman–Crippen LogP) is 2.06. The van der Waals surface area contributed by atoms with Gasteiger partial charge in [-0.2, -0.15) is 0 Å². The lowest BCUT2D eigenvalue weighted by molar-refractivity contribution is -0.121. The van der Waals surface area contributed by atoms with Gasteiger partial charge in [0.25, 0.3) is 5.91 Å². The Labute approximate surface area is 146 Å². The van der Waals surface area contributed by atoms with Gasteiger partial charge in [0.1, 0.15) is 5.82 Å². The van der Waals surface area contributed by atoms with Gasteiger partial charge < -0.3 is 16.0 Å². The molecule has 1 saturated carbocycles. The van der Waals surface area contributed by atoms with Gasteiger partial charge in [-0.05, 0) is 51.3 Å². The minimum absolute atomic E-state index is 0.00906. The van der Waals surface area contributed by atoms with Crippen LogP contribution in [0.5, 0.6) is 0 Å². The molecule has 2 atom stereocenters. The molecule has 0 aromatic heterocycles. The van der Waals surface area contributed by atoms with E-state index in [0.29, 0.717) is 5.92 Å². The molecular weight excluding hydrogens is 325 g/mol. The summed E-state index contributed by atoms with van der Waals surface area (Å²) in [5.74, 6) is -1.50. The highest BCUT2D eigenvalue weighted by molar-refractivity contribution is 6.05. The molecule has 0 radical (unpaired) electrons. The highest BCUT2D eigenvalue weighted by atomic mass is 19.1. The van der Waals surface area contributed by atoms with Gasteiger partial charge in [-0.25, -0.2) is 4.39 Å². The third kappa shape index (κ3) is 5.55. The minimum Gasteiger partial charge on any atom is -0.350 e. The molecule has 1 aromatic rings. The van der Waals surface area contributed by atoms with Gasteiger partial charge in [-0.1, -0.05) is 6.92 Å². The summed E-state index contributed by atoms with van der Waals surface area (Å²) in [5, 5.41) is 7.83. The number of carbonyl (C=O) groups excluding carboxylic acids is 3. The average Bonchev–Trinajstić information content (AvgIpc) is 3.22. The van der Waals surface area contributed by atoms with Gasteiger partial charge >= 0.3 is 0 Å². The molecule has 1 aliphatic carbocycles. The Balaban J connectivity index is 2.04. The first-order chi connectivity index (χ1) is 11.6. The van der Waals surface area contributed by atoms with E-state index in [0.717, 1.165) is 12.5 Å². The molecule has 1 fully saturated rings. The van der Waals surface area contributed by atoms with Crippen LogP contribution in [0.4, 0.5) is 10.1 Å². The summed E-state index contributed by atoms with van der Waals surface area (Å²) < 4.78 is 13.5. The number of rotatable bonds is 5. The number of amides is 3. The number of halogens is 1. The van der Waals surface area contributed by atoms with Crippen LogP contribution in [0.1, 0.15) is 44.5 Å². The molecule has 3 N–H and O–H groups in total. The van der Waals surface area contributed by atoms with Crippen molar-refractivity contribution in [1.82, 2.24) is 10.6 Å². The summed E-state index contributed by atoms with van der Waals surface area (Å²) in [6.07, 6.45) is 0.807. The first-order valence-electron chi connectivity index (χ1n) is 8.26. The van der Waals surface area contributed by atoms with Gasteiger partial charge in [0.05, 0.1) is 17.8 Å². The highest BCUT2D eigenvalue weighted by Crippen LogP contribution is 2.38. The largest absolute Gasteiger partial charge is 0.350 e. The molecular formula is C18H24FN3O3. The Hall–Kier alpha value is -2.44. The van der Waals surface area contributed by atoms with Gasteiger partial charge in [0, 0.05) is 11.5 Å². The summed E-state index contributed by atoms with van der Waals surface area (Å²) in [4.78, 5) is 36.2. The van der Waals surface area contributed by atoms with E-state index in [2.05, 4.69) is 16.0 Å². The van der Waals surface area contributed by atoms with Crippen molar-refractivity contribution in [3.05, 3.63) is 29.6 Å². The summed E-state index contributed by atoms with van der Waals surface area (Å²) in [6, 6.07) is 3.57. The second kappa shape index (κ2) is 7.21.